The van der Waals surface area contributed by atoms with E-state index in [0.717, 1.165) is 0 Å². The van der Waals surface area contributed by atoms with Gasteiger partial charge < -0.3 is 5.11 Å². The van der Waals surface area contributed by atoms with Crippen molar-refractivity contribution in [2.75, 3.05) is 0 Å². The molecule has 1 aromatic heterocycles. The van der Waals surface area contributed by atoms with Crippen LogP contribution in [0, 0.1) is 30.5 Å². The minimum atomic E-state index is -2.80. The molecular weight excluding hydrogens is 283 g/mol. The highest BCUT2D eigenvalue weighted by atomic mass is 19.3. The Morgan fingerprint density at radius 3 is 2.76 bits per heavy atom. The molecule has 0 amide bonds. The van der Waals surface area contributed by atoms with Crippen molar-refractivity contribution in [1.82, 2.24) is 4.98 Å². The van der Waals surface area contributed by atoms with E-state index in [9.17, 15) is 23.1 Å². The number of rotatable bonds is 2. The molecular formula is C15H16F3NO2. The molecule has 4 atom stereocenters. The van der Waals surface area contributed by atoms with Crippen molar-refractivity contribution < 1.29 is 23.1 Å². The Morgan fingerprint density at radius 2 is 2.14 bits per heavy atom. The van der Waals surface area contributed by atoms with Crippen molar-refractivity contribution in [2.45, 2.75) is 38.0 Å². The first-order valence-corrected chi connectivity index (χ1v) is 7.05. The zero-order chi connectivity index (χ0) is 15.4. The van der Waals surface area contributed by atoms with Crippen LogP contribution in [-0.4, -0.2) is 22.0 Å². The molecule has 2 fully saturated rings. The number of nitrogens with zero attached hydrogens (tertiary/aromatic N) is 1. The Labute approximate surface area is 120 Å². The number of pyridine rings is 1. The summed E-state index contributed by atoms with van der Waals surface area (Å²) < 4.78 is 41.1. The number of hydrogen-bond donors (Lipinski definition) is 1. The van der Waals surface area contributed by atoms with Crippen LogP contribution in [0.15, 0.2) is 12.1 Å². The van der Waals surface area contributed by atoms with Gasteiger partial charge >= 0.3 is 5.97 Å². The van der Waals surface area contributed by atoms with Crippen molar-refractivity contribution in [3.8, 4) is 0 Å². The summed E-state index contributed by atoms with van der Waals surface area (Å²) in [5, 5.41) is 9.35. The molecule has 0 spiro atoms. The Balaban J connectivity index is 2.01. The lowest BCUT2D eigenvalue weighted by Crippen LogP contribution is -2.23. The summed E-state index contributed by atoms with van der Waals surface area (Å²) in [4.78, 5) is 15.5. The third kappa shape index (κ3) is 2.21. The van der Waals surface area contributed by atoms with Gasteiger partial charge in [-0.3, -0.25) is 9.78 Å². The first-order valence-electron chi connectivity index (χ1n) is 7.05. The number of hydrogen-bond acceptors (Lipinski definition) is 2. The number of aromatic nitrogens is 1. The molecule has 0 unspecified atom stereocenters. The third-order valence-corrected chi connectivity index (χ3v) is 4.97. The maximum atomic E-state index is 13.9. The number of halogens is 3. The van der Waals surface area contributed by atoms with Gasteiger partial charge in [0.05, 0.1) is 11.6 Å². The van der Waals surface area contributed by atoms with Gasteiger partial charge in [-0.05, 0) is 37.8 Å². The zero-order valence-electron chi connectivity index (χ0n) is 11.5. The summed E-state index contributed by atoms with van der Waals surface area (Å²) in [6.45, 7) is 1.49. The molecule has 0 radical (unpaired) electrons. The van der Waals surface area contributed by atoms with Gasteiger partial charge in [-0.25, -0.2) is 13.2 Å². The van der Waals surface area contributed by atoms with E-state index in [2.05, 4.69) is 4.98 Å². The molecule has 0 aromatic carbocycles. The van der Waals surface area contributed by atoms with Crippen LogP contribution < -0.4 is 0 Å². The van der Waals surface area contributed by atoms with E-state index in [0.29, 0.717) is 12.1 Å². The van der Waals surface area contributed by atoms with Crippen molar-refractivity contribution in [2.24, 2.45) is 17.8 Å². The largest absolute Gasteiger partial charge is 0.481 e. The fraction of sp³-hybridized carbons (Fsp3) is 0.600. The SMILES string of the molecule is Cc1nc([C@H]2[C@@H]3CCC(F)(F)[C@@H]3C[C@@H]2C(=O)O)ccc1F. The Morgan fingerprint density at radius 1 is 1.43 bits per heavy atom. The molecule has 2 saturated carbocycles. The maximum Gasteiger partial charge on any atom is 0.307 e. The van der Waals surface area contributed by atoms with Crippen molar-refractivity contribution in [3.63, 3.8) is 0 Å². The second-order valence-electron chi connectivity index (χ2n) is 6.08. The lowest BCUT2D eigenvalue weighted by molar-refractivity contribution is -0.142. The summed E-state index contributed by atoms with van der Waals surface area (Å²) in [6.07, 6.45) is 0.0609. The second-order valence-corrected chi connectivity index (χ2v) is 6.08. The average molecular weight is 299 g/mol. The van der Waals surface area contributed by atoms with E-state index in [1.807, 2.05) is 0 Å². The van der Waals surface area contributed by atoms with Gasteiger partial charge in [-0.2, -0.15) is 0 Å². The summed E-state index contributed by atoms with van der Waals surface area (Å²) >= 11 is 0. The highest BCUT2D eigenvalue weighted by molar-refractivity contribution is 5.72. The van der Waals surface area contributed by atoms with E-state index >= 15 is 0 Å². The molecule has 0 aliphatic heterocycles. The highest BCUT2D eigenvalue weighted by Crippen LogP contribution is 2.60. The predicted octanol–water partition coefficient (Wildman–Crippen LogP) is 3.38. The van der Waals surface area contributed by atoms with Crippen LogP contribution in [0.4, 0.5) is 13.2 Å². The van der Waals surface area contributed by atoms with E-state index < -0.39 is 41.4 Å². The number of carboxylic acids is 1. The molecule has 1 aromatic rings. The summed E-state index contributed by atoms with van der Waals surface area (Å²) in [5.74, 6) is -7.08. The van der Waals surface area contributed by atoms with Crippen molar-refractivity contribution >= 4 is 5.97 Å². The molecule has 2 aliphatic rings. The van der Waals surface area contributed by atoms with Crippen LogP contribution in [0.25, 0.3) is 0 Å². The van der Waals surface area contributed by atoms with Gasteiger partial charge in [0, 0.05) is 24.0 Å². The molecule has 6 heteroatoms. The first kappa shape index (κ1) is 14.4. The maximum absolute atomic E-state index is 13.9. The normalized spacial score (nSPS) is 33.9. The van der Waals surface area contributed by atoms with E-state index in [1.54, 1.807) is 0 Å². The average Bonchev–Trinajstić information content (AvgIpc) is 2.92. The molecule has 0 saturated heterocycles. The zero-order valence-corrected chi connectivity index (χ0v) is 11.5. The van der Waals surface area contributed by atoms with E-state index in [-0.39, 0.29) is 18.5 Å². The Bertz CT molecular complexity index is 590. The topological polar surface area (TPSA) is 50.2 Å². The van der Waals surface area contributed by atoms with Gasteiger partial charge in [-0.1, -0.05) is 0 Å². The molecule has 1 heterocycles. The monoisotopic (exact) mass is 299 g/mol. The molecule has 21 heavy (non-hydrogen) atoms. The van der Waals surface area contributed by atoms with Gasteiger partial charge in [0.2, 0.25) is 0 Å². The van der Waals surface area contributed by atoms with Gasteiger partial charge in [0.25, 0.3) is 5.92 Å². The minimum absolute atomic E-state index is 0.0320. The summed E-state index contributed by atoms with van der Waals surface area (Å²) in [5.41, 5.74) is 0.594. The van der Waals surface area contributed by atoms with Crippen LogP contribution in [0.3, 0.4) is 0 Å². The molecule has 1 N–H and O–H groups in total. The van der Waals surface area contributed by atoms with Crippen LogP contribution >= 0.6 is 0 Å². The van der Waals surface area contributed by atoms with Crippen molar-refractivity contribution in [3.05, 3.63) is 29.3 Å². The lowest BCUT2D eigenvalue weighted by atomic mass is 9.84. The van der Waals surface area contributed by atoms with Gasteiger partial charge in [-0.15, -0.1) is 0 Å². The molecule has 0 bridgehead atoms. The fourth-order valence-corrected chi connectivity index (χ4v) is 3.98. The number of carbonyl (C=O) groups is 1. The summed E-state index contributed by atoms with van der Waals surface area (Å²) in [7, 11) is 0. The second kappa shape index (κ2) is 4.71. The lowest BCUT2D eigenvalue weighted by Gasteiger charge is -2.21. The molecule has 3 nitrogen and oxygen atoms in total. The number of aryl methyl sites for hydroxylation is 1. The van der Waals surface area contributed by atoms with E-state index in [1.165, 1.54) is 19.1 Å². The Hall–Kier alpha value is -1.59. The van der Waals surface area contributed by atoms with E-state index in [4.69, 9.17) is 0 Å². The highest BCUT2D eigenvalue weighted by Gasteiger charge is 2.60. The molecule has 2 aliphatic carbocycles. The third-order valence-electron chi connectivity index (χ3n) is 4.97. The number of alkyl halides is 2. The Kier molecular flexibility index (Phi) is 3.22. The van der Waals surface area contributed by atoms with Crippen LogP contribution in [0.1, 0.15) is 36.6 Å². The van der Waals surface area contributed by atoms with Crippen molar-refractivity contribution in [1.29, 1.82) is 0 Å². The van der Waals surface area contributed by atoms with Crippen LogP contribution in [-0.2, 0) is 4.79 Å². The molecule has 114 valence electrons. The van der Waals surface area contributed by atoms with Gasteiger partial charge in [0.15, 0.2) is 0 Å². The fourth-order valence-electron chi connectivity index (χ4n) is 3.98. The first-order chi connectivity index (χ1) is 9.81. The summed E-state index contributed by atoms with van der Waals surface area (Å²) in [6, 6.07) is 2.67. The smallest absolute Gasteiger partial charge is 0.307 e. The number of aliphatic carboxylic acids is 1. The predicted molar refractivity (Wildman–Crippen MR) is 68.6 cm³/mol. The van der Waals surface area contributed by atoms with Gasteiger partial charge in [0.1, 0.15) is 5.82 Å². The minimum Gasteiger partial charge on any atom is -0.481 e. The standard InChI is InChI=1S/C15H16F3NO2/c1-7-11(16)2-3-12(19-7)13-8-4-5-15(17,18)10(8)6-9(13)14(20)21/h2-3,8-10,13H,4-6H2,1H3,(H,20,21)/t8-,9+,10-,13+/m1/s1. The van der Waals surface area contributed by atoms with Crippen LogP contribution in [0.2, 0.25) is 0 Å². The quantitative estimate of drug-likeness (QED) is 0.910. The van der Waals surface area contributed by atoms with Crippen LogP contribution in [0.5, 0.6) is 0 Å². The number of carboxylic acid groups (broad SMARTS) is 1. The molecule has 3 rings (SSSR count). The number of fused-ring (bicyclic) bond motifs is 1.